The van der Waals surface area contributed by atoms with Gasteiger partial charge in [0.2, 0.25) is 0 Å². The summed E-state index contributed by atoms with van der Waals surface area (Å²) in [5, 5.41) is 14.5. The first-order chi connectivity index (χ1) is 67.5. The molecule has 734 valence electrons. The highest BCUT2D eigenvalue weighted by Gasteiger charge is 2.22. The Morgan fingerprint density at radius 1 is 0.404 bits per heavy atom. The first-order valence-corrected chi connectivity index (χ1v) is 52.0. The Bertz CT molecular complexity index is 7250. The molecule has 10 aromatic heterocycles. The van der Waals surface area contributed by atoms with Crippen LogP contribution in [0.3, 0.4) is 0 Å². The van der Waals surface area contributed by atoms with Crippen LogP contribution in [0.5, 0.6) is 11.5 Å². The molecule has 0 spiro atoms. The van der Waals surface area contributed by atoms with Gasteiger partial charge in [-0.2, -0.15) is 0 Å². The fourth-order valence-electron chi connectivity index (χ4n) is 16.3. The smallest absolute Gasteiger partial charge is 0.262 e. The summed E-state index contributed by atoms with van der Waals surface area (Å²) >= 11 is 21.8. The van der Waals surface area contributed by atoms with Crippen molar-refractivity contribution in [2.45, 2.75) is 200 Å². The number of H-pyrrole nitrogens is 6. The van der Waals surface area contributed by atoms with Crippen molar-refractivity contribution in [2.75, 3.05) is 14.2 Å². The van der Waals surface area contributed by atoms with E-state index in [0.29, 0.717) is 63.8 Å². The maximum Gasteiger partial charge on any atom is 0.262 e. The van der Waals surface area contributed by atoms with Gasteiger partial charge >= 0.3 is 0 Å². The first kappa shape index (κ1) is 107. The fourth-order valence-corrected chi connectivity index (χ4v) is 19.4. The van der Waals surface area contributed by atoms with Crippen LogP contribution in [0.15, 0.2) is 302 Å². The predicted molar refractivity (Wildman–Crippen MR) is 610 cm³/mol. The van der Waals surface area contributed by atoms with E-state index in [0.717, 1.165) is 90.4 Å². The molecular weight excluding hydrogens is 1840 g/mol. The number of nitrogens with zero attached hydrogens (tertiary/aromatic N) is 1. The number of aromatic nitrogens is 7. The summed E-state index contributed by atoms with van der Waals surface area (Å²) in [4.78, 5) is 35.9. The molecule has 21 aromatic rings. The number of ether oxygens (including phenoxy) is 2. The number of para-hydroxylation sites is 4. The second kappa shape index (κ2) is 50.7. The van der Waals surface area contributed by atoms with E-state index in [1.165, 1.54) is 124 Å². The molecule has 0 radical (unpaired) electrons. The molecule has 0 saturated heterocycles. The third-order valence-electron chi connectivity index (χ3n) is 24.2. The number of carbonyl (C=O) groups excluding carboxylic acids is 1. The summed E-state index contributed by atoms with van der Waals surface area (Å²) in [7, 11) is 3.35. The van der Waals surface area contributed by atoms with Crippen LogP contribution in [0, 0.1) is 30.5 Å². The molecule has 6 N–H and O–H groups in total. The monoisotopic (exact) mass is 1980 g/mol. The lowest BCUT2D eigenvalue weighted by Crippen LogP contribution is -2.13. The lowest BCUT2D eigenvalue weighted by atomic mass is 10.00. The van der Waals surface area contributed by atoms with Crippen LogP contribution in [0.2, 0.25) is 15.1 Å². The van der Waals surface area contributed by atoms with Crippen molar-refractivity contribution < 1.29 is 23.1 Å². The summed E-state index contributed by atoms with van der Waals surface area (Å²) in [6.45, 7) is 45.7. The average Bonchev–Trinajstić information content (AvgIpc) is 1.60. The van der Waals surface area contributed by atoms with Crippen LogP contribution in [-0.2, 0) is 12.8 Å². The Hall–Kier alpha value is -12.5. The summed E-state index contributed by atoms with van der Waals surface area (Å²) in [5.74, 6) is 8.12. The highest BCUT2D eigenvalue weighted by Crippen LogP contribution is 2.41. The number of carbonyl (C=O) groups is 1. The normalized spacial score (nSPS) is 11.4. The van der Waals surface area contributed by atoms with Gasteiger partial charge in [0.1, 0.15) is 28.7 Å². The van der Waals surface area contributed by atoms with E-state index in [1.807, 2.05) is 91.1 Å². The van der Waals surface area contributed by atoms with Gasteiger partial charge in [-0.1, -0.05) is 295 Å². The minimum absolute atomic E-state index is 0.0423. The molecule has 141 heavy (non-hydrogen) atoms. The molecule has 11 nitrogen and oxygen atoms in total. The molecule has 0 aliphatic heterocycles. The molecule has 21 rings (SSSR count). The number of allylic oxidation sites excluding steroid dienone is 1. The third-order valence-corrected chi connectivity index (χ3v) is 28.1. The third kappa shape index (κ3) is 29.1. The second-order valence-electron chi connectivity index (χ2n) is 39.2. The van der Waals surface area contributed by atoms with Gasteiger partial charge in [-0.05, 0) is 270 Å². The molecule has 0 saturated carbocycles. The molecule has 17 heteroatoms. The van der Waals surface area contributed by atoms with Crippen molar-refractivity contribution in [1.29, 1.82) is 0 Å². The molecule has 11 aromatic carbocycles. The number of hydrogen-bond donors (Lipinski definition) is 6. The maximum absolute atomic E-state index is 13.1. The minimum Gasteiger partial charge on any atom is -0.497 e. The standard InChI is InChI=1S/C21H22ClNO2.C13H15N.C12H15NO.C12H15N.C11H12ClN.C11H11ClS.C11H12FN.C11H13N.C11H12O.C11H12S/c1-13(2)11-18-14(3)23(20-10-9-17(25-4)12-19(18)20)21(24)15-5-7-16(22)8-6-15;1-10(2)7-8-11-9-14-13-6-4-3-5-12(11)13;1-8(2)12-7-9-6-10(14-3)4-5-11(9)13-12;1-9(2)7-10-8-13-12-6-4-3-5-11(10)12;1-7(2)11-6-8-5-9(12)3-4-10(8)13-11;1-7(2)11-10(12)8-5-3-4-6-9(8)13-11;1-7(2)11-6-8-5-9(12)3-4-10(8)13-11;3*1-8(2)11-7-9-5-3-4-6-10(9)12-11/h5-10,12-13H,11H2,1-4H3;3-10,14H,1-2H3;4-8,13H,1-3H3;3-6,8-9,13H,7H2,1-2H3;3-7,13H,1-2H3;3-7H,1-2H3;3-7,13H,1-2H3;3-8,12H,1-2H3;2*3-8H,1-2H3/b;8-7+;;;;;;;;. The minimum atomic E-state index is -0.179. The van der Waals surface area contributed by atoms with Gasteiger partial charge in [0.15, 0.2) is 0 Å². The zero-order valence-electron chi connectivity index (χ0n) is 86.0. The maximum atomic E-state index is 13.1. The van der Waals surface area contributed by atoms with Crippen LogP contribution < -0.4 is 9.47 Å². The van der Waals surface area contributed by atoms with Crippen LogP contribution in [-0.4, -0.2) is 54.6 Å². The Morgan fingerprint density at radius 2 is 0.879 bits per heavy atom. The zero-order chi connectivity index (χ0) is 101. The number of halogens is 4. The summed E-state index contributed by atoms with van der Waals surface area (Å²) < 4.78 is 33.5. The van der Waals surface area contributed by atoms with Crippen LogP contribution >= 0.6 is 57.5 Å². The lowest BCUT2D eigenvalue weighted by Gasteiger charge is -2.09. The van der Waals surface area contributed by atoms with Crippen molar-refractivity contribution >= 4 is 177 Å². The van der Waals surface area contributed by atoms with E-state index >= 15 is 0 Å². The molecule has 0 aliphatic carbocycles. The number of methoxy groups -OCH3 is 2. The Balaban J connectivity index is 0.000000141. The Kier molecular flexibility index (Phi) is 38.6. The molecule has 0 atom stereocenters. The first-order valence-electron chi connectivity index (χ1n) is 49.2. The van der Waals surface area contributed by atoms with E-state index in [-0.39, 0.29) is 11.7 Å². The number of nitrogens with one attached hydrogen (secondary N) is 6. The molecule has 0 fully saturated rings. The van der Waals surface area contributed by atoms with Gasteiger partial charge in [-0.25, -0.2) is 4.39 Å². The van der Waals surface area contributed by atoms with Crippen molar-refractivity contribution in [3.8, 4) is 11.5 Å². The number of thiophene rings is 2. The van der Waals surface area contributed by atoms with Crippen molar-refractivity contribution in [3.05, 3.63) is 385 Å². The Labute approximate surface area is 855 Å². The van der Waals surface area contributed by atoms with Crippen molar-refractivity contribution in [3.63, 3.8) is 0 Å². The van der Waals surface area contributed by atoms with Gasteiger partial charge < -0.3 is 43.8 Å². The number of benzene rings is 11. The highest BCUT2D eigenvalue weighted by molar-refractivity contribution is 7.20. The van der Waals surface area contributed by atoms with Crippen molar-refractivity contribution in [2.24, 2.45) is 17.8 Å². The van der Waals surface area contributed by atoms with Gasteiger partial charge in [0.05, 0.1) is 24.8 Å². The number of aromatic amines is 6. The second-order valence-corrected chi connectivity index (χ2v) is 42.6. The van der Waals surface area contributed by atoms with Crippen LogP contribution in [0.1, 0.15) is 251 Å². The average molecular weight is 1980 g/mol. The summed E-state index contributed by atoms with van der Waals surface area (Å²) in [5.41, 5.74) is 19.4. The lowest BCUT2D eigenvalue weighted by molar-refractivity contribution is 0.0962. The molecule has 0 amide bonds. The van der Waals surface area contributed by atoms with Gasteiger partial charge in [0, 0.05) is 158 Å². The van der Waals surface area contributed by atoms with Gasteiger partial charge in [0.25, 0.3) is 5.91 Å². The predicted octanol–water partition coefficient (Wildman–Crippen LogP) is 38.9. The number of rotatable bonds is 16. The van der Waals surface area contributed by atoms with E-state index < -0.39 is 0 Å². The van der Waals surface area contributed by atoms with E-state index in [1.54, 1.807) is 66.5 Å². The van der Waals surface area contributed by atoms with Gasteiger partial charge in [-0.15, -0.1) is 22.7 Å². The fraction of sp³-hybridized carbons (Fsp3) is 0.282. The van der Waals surface area contributed by atoms with E-state index in [9.17, 15) is 9.18 Å². The number of fused-ring (bicyclic) bond motifs is 10. The van der Waals surface area contributed by atoms with Gasteiger partial charge in [-0.3, -0.25) is 9.36 Å². The largest absolute Gasteiger partial charge is 0.497 e. The molecule has 10 heterocycles. The molecule has 0 unspecified atom stereocenters. The molecule has 0 aliphatic rings. The highest BCUT2D eigenvalue weighted by atomic mass is 35.5. The van der Waals surface area contributed by atoms with Crippen LogP contribution in [0.25, 0.3) is 114 Å². The summed E-state index contributed by atoms with van der Waals surface area (Å²) in [6, 6.07) is 92.8. The zero-order valence-corrected chi connectivity index (χ0v) is 89.9. The number of hydrogen-bond acceptors (Lipinski definition) is 6. The molecule has 0 bridgehead atoms. The number of furan rings is 1. The van der Waals surface area contributed by atoms with Crippen LogP contribution in [0.4, 0.5) is 4.39 Å². The SMILES string of the molecule is CC(C)/C=C/c1c[nH]c2ccccc12.CC(C)Cc1c[nH]c2ccccc12.CC(C)c1cc2cc(Cl)ccc2[nH]1.CC(C)c1cc2cc(F)ccc2[nH]1.CC(C)c1cc2ccccc2[nH]1.CC(C)c1cc2ccccc2o1.CC(C)c1cc2ccccc2s1.CC(C)c1sc2ccccc2c1Cl.COc1ccc2[nH]c(C(C)C)cc2c1.COc1ccc2c(c1)c(CC(C)C)c(C)n2C(=O)c1ccc(Cl)cc1. The topological polar surface area (TPSA) is 148 Å². The van der Waals surface area contributed by atoms with E-state index in [2.05, 4.69) is 357 Å². The Morgan fingerprint density at radius 3 is 1.43 bits per heavy atom. The van der Waals surface area contributed by atoms with E-state index in [4.69, 9.17) is 48.7 Å². The van der Waals surface area contributed by atoms with Crippen molar-refractivity contribution in [1.82, 2.24) is 34.5 Å². The molecular formula is C124H139Cl3FN7O4S2. The quantitative estimate of drug-likeness (QED) is 0.0571. The summed E-state index contributed by atoms with van der Waals surface area (Å²) in [6.07, 6.45) is 10.7.